The van der Waals surface area contributed by atoms with Crippen molar-refractivity contribution in [2.24, 2.45) is 0 Å². The fourth-order valence-electron chi connectivity index (χ4n) is 2.29. The molecule has 6 nitrogen and oxygen atoms in total. The first kappa shape index (κ1) is 19.0. The number of anilines is 1. The molecule has 0 aliphatic rings. The second-order valence-corrected chi connectivity index (χ2v) is 6.66. The molecule has 1 heterocycles. The van der Waals surface area contributed by atoms with E-state index in [-0.39, 0.29) is 16.8 Å². The van der Waals surface area contributed by atoms with Gasteiger partial charge in [-0.25, -0.2) is 4.79 Å². The summed E-state index contributed by atoms with van der Waals surface area (Å²) in [5.41, 5.74) is 0.158. The van der Waals surface area contributed by atoms with Gasteiger partial charge in [0.15, 0.2) is 5.09 Å². The molecule has 0 aliphatic carbocycles. The monoisotopic (exact) mass is 390 g/mol. The van der Waals surface area contributed by atoms with Crippen LogP contribution < -0.4 is 5.32 Å². The topological polar surface area (TPSA) is 103 Å². The number of carboxylic acid groups (broad SMARTS) is 1. The Balaban J connectivity index is 1.73. The fraction of sp³-hybridized carbons (Fsp3) is 0. The quantitative estimate of drug-likeness (QED) is 0.468. The molecule has 0 saturated heterocycles. The molecule has 1 amide bonds. The Morgan fingerprint density at radius 2 is 1.86 bits per heavy atom. The maximum Gasteiger partial charge on any atom is 0.335 e. The van der Waals surface area contributed by atoms with E-state index >= 15 is 0 Å². The lowest BCUT2D eigenvalue weighted by molar-refractivity contribution is -0.112. The molecule has 3 aromatic rings. The first-order valence-electron chi connectivity index (χ1n) is 8.14. The van der Waals surface area contributed by atoms with Crippen LogP contribution in [0.1, 0.15) is 16.1 Å². The molecule has 0 unspecified atom stereocenters. The van der Waals surface area contributed by atoms with Gasteiger partial charge in [0.05, 0.1) is 5.56 Å². The molecule has 7 heteroatoms. The third-order valence-electron chi connectivity index (χ3n) is 3.58. The molecule has 0 radical (unpaired) electrons. The molecule has 2 N–H and O–H groups in total. The van der Waals surface area contributed by atoms with Crippen molar-refractivity contribution in [3.8, 4) is 6.07 Å². The third-order valence-corrected chi connectivity index (χ3v) is 4.51. The number of carboxylic acids is 1. The zero-order chi connectivity index (χ0) is 19.9. The minimum Gasteiger partial charge on any atom is -0.478 e. The Labute approximate surface area is 165 Å². The van der Waals surface area contributed by atoms with Crippen LogP contribution in [0.5, 0.6) is 0 Å². The number of carbonyl (C=O) groups excluding carboxylic acids is 1. The van der Waals surface area contributed by atoms with Crippen LogP contribution in [0.25, 0.3) is 6.08 Å². The van der Waals surface area contributed by atoms with Crippen LogP contribution in [0.15, 0.2) is 86.7 Å². The maximum absolute atomic E-state index is 12.3. The number of hydrogen-bond donors (Lipinski definition) is 2. The number of nitriles is 1. The van der Waals surface area contributed by atoms with Crippen molar-refractivity contribution in [3.05, 3.63) is 83.6 Å². The summed E-state index contributed by atoms with van der Waals surface area (Å²) in [5, 5.41) is 21.5. The Hall–Kier alpha value is -3.76. The van der Waals surface area contributed by atoms with E-state index in [0.29, 0.717) is 10.9 Å². The smallest absolute Gasteiger partial charge is 0.335 e. The van der Waals surface area contributed by atoms with Crippen LogP contribution in [-0.2, 0) is 4.79 Å². The average Bonchev–Trinajstić information content (AvgIpc) is 3.14. The lowest BCUT2D eigenvalue weighted by Gasteiger charge is -2.05. The molecule has 0 atom stereocenters. The van der Waals surface area contributed by atoms with Crippen LogP contribution >= 0.6 is 11.8 Å². The molecule has 0 bridgehead atoms. The summed E-state index contributed by atoms with van der Waals surface area (Å²) < 4.78 is 5.65. The Kier molecular flexibility index (Phi) is 5.94. The number of nitrogens with one attached hydrogen (secondary N) is 1. The van der Waals surface area contributed by atoms with E-state index in [1.807, 2.05) is 36.4 Å². The van der Waals surface area contributed by atoms with Gasteiger partial charge in [-0.15, -0.1) is 0 Å². The van der Waals surface area contributed by atoms with Gasteiger partial charge in [0, 0.05) is 16.7 Å². The van der Waals surface area contributed by atoms with Gasteiger partial charge in [0.25, 0.3) is 5.91 Å². The van der Waals surface area contributed by atoms with Gasteiger partial charge in [-0.3, -0.25) is 4.79 Å². The zero-order valence-corrected chi connectivity index (χ0v) is 15.3. The van der Waals surface area contributed by atoms with Crippen molar-refractivity contribution < 1.29 is 19.1 Å². The van der Waals surface area contributed by atoms with Gasteiger partial charge in [-0.05, 0) is 42.5 Å². The maximum atomic E-state index is 12.3. The Morgan fingerprint density at radius 1 is 1.07 bits per heavy atom. The largest absolute Gasteiger partial charge is 0.478 e. The van der Waals surface area contributed by atoms with E-state index in [4.69, 9.17) is 9.52 Å². The van der Waals surface area contributed by atoms with Crippen molar-refractivity contribution in [2.45, 2.75) is 9.99 Å². The van der Waals surface area contributed by atoms with Crippen LogP contribution in [0.4, 0.5) is 5.69 Å². The first-order valence-corrected chi connectivity index (χ1v) is 8.96. The standard InChI is InChI=1S/C21H14N2O4S/c22-13-15(20(24)23-16-6-4-5-14(11-16)21(25)26)12-17-9-10-19(27-17)28-18-7-2-1-3-8-18/h1-12H,(H,23,24)(H,25,26)/b15-12-. The van der Waals surface area contributed by atoms with Gasteiger partial charge in [0.2, 0.25) is 0 Å². The highest BCUT2D eigenvalue weighted by Crippen LogP contribution is 2.29. The number of nitrogens with zero attached hydrogens (tertiary/aromatic N) is 1. The second-order valence-electron chi connectivity index (χ2n) is 5.58. The molecular formula is C21H14N2O4S. The van der Waals surface area contributed by atoms with Crippen molar-refractivity contribution in [1.82, 2.24) is 0 Å². The second kappa shape index (κ2) is 8.75. The van der Waals surface area contributed by atoms with Crippen molar-refractivity contribution in [2.75, 3.05) is 5.32 Å². The third kappa shape index (κ3) is 4.90. The molecule has 28 heavy (non-hydrogen) atoms. The fourth-order valence-corrected chi connectivity index (χ4v) is 3.09. The van der Waals surface area contributed by atoms with Gasteiger partial charge in [-0.1, -0.05) is 36.0 Å². The minimum absolute atomic E-state index is 0.0360. The van der Waals surface area contributed by atoms with E-state index in [9.17, 15) is 14.9 Å². The highest BCUT2D eigenvalue weighted by atomic mass is 32.2. The van der Waals surface area contributed by atoms with E-state index in [0.717, 1.165) is 4.90 Å². The lowest BCUT2D eigenvalue weighted by Crippen LogP contribution is -2.13. The number of hydrogen-bond acceptors (Lipinski definition) is 5. The van der Waals surface area contributed by atoms with Crippen LogP contribution in [0.3, 0.4) is 0 Å². The van der Waals surface area contributed by atoms with Crippen molar-refractivity contribution in [1.29, 1.82) is 5.26 Å². The summed E-state index contributed by atoms with van der Waals surface area (Å²) in [6, 6.07) is 20.7. The van der Waals surface area contributed by atoms with E-state index in [2.05, 4.69) is 5.32 Å². The van der Waals surface area contributed by atoms with E-state index < -0.39 is 11.9 Å². The highest BCUT2D eigenvalue weighted by Gasteiger charge is 2.12. The Morgan fingerprint density at radius 3 is 2.57 bits per heavy atom. The average molecular weight is 390 g/mol. The van der Waals surface area contributed by atoms with Crippen molar-refractivity contribution in [3.63, 3.8) is 0 Å². The number of amides is 1. The molecule has 3 rings (SSSR count). The predicted octanol–water partition coefficient (Wildman–Crippen LogP) is 4.67. The van der Waals surface area contributed by atoms with Crippen LogP contribution in [0.2, 0.25) is 0 Å². The van der Waals surface area contributed by atoms with E-state index in [1.54, 1.807) is 18.2 Å². The molecule has 138 valence electrons. The summed E-state index contributed by atoms with van der Waals surface area (Å²) in [5.74, 6) is -1.39. The predicted molar refractivity (Wildman–Crippen MR) is 105 cm³/mol. The van der Waals surface area contributed by atoms with Gasteiger partial charge in [-0.2, -0.15) is 5.26 Å². The number of benzene rings is 2. The number of rotatable bonds is 6. The molecule has 0 fully saturated rings. The zero-order valence-electron chi connectivity index (χ0n) is 14.5. The molecule has 0 spiro atoms. The molecule has 1 aromatic heterocycles. The number of carbonyl (C=O) groups is 2. The molecular weight excluding hydrogens is 376 g/mol. The van der Waals surface area contributed by atoms with E-state index in [1.165, 1.54) is 36.0 Å². The summed E-state index contributed by atoms with van der Waals surface area (Å²) in [6.45, 7) is 0. The molecule has 0 saturated carbocycles. The lowest BCUT2D eigenvalue weighted by atomic mass is 10.2. The van der Waals surface area contributed by atoms with Crippen LogP contribution in [-0.4, -0.2) is 17.0 Å². The normalized spacial score (nSPS) is 10.9. The number of furan rings is 1. The van der Waals surface area contributed by atoms with Gasteiger partial charge in [0.1, 0.15) is 17.4 Å². The Bertz CT molecular complexity index is 1080. The van der Waals surface area contributed by atoms with Crippen molar-refractivity contribution >= 4 is 35.4 Å². The summed E-state index contributed by atoms with van der Waals surface area (Å²) >= 11 is 1.42. The summed E-state index contributed by atoms with van der Waals surface area (Å²) in [7, 11) is 0. The minimum atomic E-state index is -1.11. The van der Waals surface area contributed by atoms with Gasteiger partial charge >= 0.3 is 5.97 Å². The first-order chi connectivity index (χ1) is 13.5. The van der Waals surface area contributed by atoms with Crippen LogP contribution in [0, 0.1) is 11.3 Å². The SMILES string of the molecule is N#C/C(=C/c1ccc(Sc2ccccc2)o1)C(=O)Nc1cccc(C(=O)O)c1. The highest BCUT2D eigenvalue weighted by molar-refractivity contribution is 7.99. The number of aromatic carboxylic acids is 1. The molecule has 2 aromatic carbocycles. The summed E-state index contributed by atoms with van der Waals surface area (Å²) in [4.78, 5) is 24.3. The summed E-state index contributed by atoms with van der Waals surface area (Å²) in [6.07, 6.45) is 1.34. The van der Waals surface area contributed by atoms with Gasteiger partial charge < -0.3 is 14.8 Å². The molecule has 0 aliphatic heterocycles.